The van der Waals surface area contributed by atoms with Gasteiger partial charge in [-0.05, 0) is 0 Å². The number of hydrogen-bond acceptors (Lipinski definition) is 3. The summed E-state index contributed by atoms with van der Waals surface area (Å²) in [6.07, 6.45) is 0. The molecule has 0 atom stereocenters. The molecule has 0 saturated carbocycles. The maximum atomic E-state index is 7.72. The van der Waals surface area contributed by atoms with Crippen molar-refractivity contribution in [3.63, 3.8) is 0 Å². The van der Waals surface area contributed by atoms with Gasteiger partial charge in [-0.3, -0.25) is 0 Å². The Labute approximate surface area is 115 Å². The summed E-state index contributed by atoms with van der Waals surface area (Å²) < 4.78 is 23.2. The van der Waals surface area contributed by atoms with Gasteiger partial charge in [-0.1, -0.05) is 0 Å². The van der Waals surface area contributed by atoms with Gasteiger partial charge >= 0.3 is 67.9 Å². The Balaban J connectivity index is -0.00000000500. The maximum Gasteiger partial charge on any atom is 2.00 e. The van der Waals surface area contributed by atoms with Gasteiger partial charge in [0.2, 0.25) is 0 Å². The van der Waals surface area contributed by atoms with E-state index in [4.69, 9.17) is 14.0 Å². The van der Waals surface area contributed by atoms with Crippen LogP contribution in [0.15, 0.2) is 0 Å². The summed E-state index contributed by atoms with van der Waals surface area (Å²) in [6.45, 7) is 0. The van der Waals surface area contributed by atoms with Gasteiger partial charge < -0.3 is 14.0 Å². The fourth-order valence-electron chi connectivity index (χ4n) is 0. The molecule has 3 nitrogen and oxygen atoms in total. The van der Waals surface area contributed by atoms with E-state index in [0.29, 0.717) is 0 Å². The molecule has 8 heavy (non-hydrogen) atoms. The first-order valence-electron chi connectivity index (χ1n) is 0.463. The van der Waals surface area contributed by atoms with Crippen molar-refractivity contribution in [2.45, 2.75) is 0 Å². The van der Waals surface area contributed by atoms with Crippen LogP contribution in [-0.2, 0) is 16.5 Å². The second-order valence-corrected chi connectivity index (χ2v) is 0. The smallest absolute Gasteiger partial charge is 0.769 e. The summed E-state index contributed by atoms with van der Waals surface area (Å²) in [5, 5.41) is 0. The third-order valence-electron chi connectivity index (χ3n) is 0. The van der Waals surface area contributed by atoms with Crippen LogP contribution >= 0.6 is 35.6 Å². The quantitative estimate of drug-likeness (QED) is 0.408. The van der Waals surface area contributed by atoms with Gasteiger partial charge in [0.25, 0.3) is 0 Å². The summed E-state index contributed by atoms with van der Waals surface area (Å²) in [6, 6.07) is 0. The monoisotopic (exact) mass is 250 g/mol. The molecule has 0 aromatic carbocycles. The Kier molecular flexibility index (Phi) is 361. The largest absolute Gasteiger partial charge is 2.00 e. The molecule has 0 amide bonds. The van der Waals surface area contributed by atoms with Gasteiger partial charge in [-0.15, -0.1) is 0 Å². The van der Waals surface area contributed by atoms with Crippen LogP contribution in [0, 0.1) is 0 Å². The Morgan fingerprint density at radius 2 is 0.625 bits per heavy atom. The molecule has 0 spiro atoms. The molecule has 0 aliphatic carbocycles. The summed E-state index contributed by atoms with van der Waals surface area (Å²) in [4.78, 5) is 0. The SMILES string of the molecule is [K+].[Ni+2].[O-]Cl.[O-]Cl.[O-]Cl. The van der Waals surface area contributed by atoms with Gasteiger partial charge in [0, 0.05) is 0 Å². The minimum Gasteiger partial charge on any atom is -0.769 e. The molecular weight excluding hydrogens is 252 g/mol. The Hall–Kier alpha value is 2.88. The standard InChI is InChI=1S/3ClO.K.Ni/c3*1-2;;/q3*-1;+1;+2. The van der Waals surface area contributed by atoms with E-state index in [-0.39, 0.29) is 67.9 Å². The second-order valence-electron chi connectivity index (χ2n) is 0. The van der Waals surface area contributed by atoms with Crippen LogP contribution in [0.25, 0.3) is 0 Å². The molecule has 0 aliphatic rings. The summed E-state index contributed by atoms with van der Waals surface area (Å²) in [7, 11) is 0. The van der Waals surface area contributed by atoms with Crippen LogP contribution in [0.4, 0.5) is 0 Å². The molecule has 0 N–H and O–H groups in total. The average Bonchev–Trinajstić information content (AvgIpc) is 1.81. The molecule has 0 aromatic heterocycles. The minimum atomic E-state index is 0. The van der Waals surface area contributed by atoms with Crippen molar-refractivity contribution in [1.82, 2.24) is 0 Å². The van der Waals surface area contributed by atoms with Crippen LogP contribution in [0.1, 0.15) is 0 Å². The van der Waals surface area contributed by atoms with Crippen LogP contribution in [0.5, 0.6) is 0 Å². The molecule has 0 heterocycles. The predicted molar refractivity (Wildman–Crippen MR) is 17.6 cm³/mol. The van der Waals surface area contributed by atoms with Gasteiger partial charge in [0.1, 0.15) is 0 Å². The molecule has 0 rings (SSSR count). The molecule has 8 heteroatoms. The summed E-state index contributed by atoms with van der Waals surface area (Å²) in [5.41, 5.74) is 0. The van der Waals surface area contributed by atoms with E-state index in [1.807, 2.05) is 0 Å². The van der Waals surface area contributed by atoms with Crippen LogP contribution in [0.2, 0.25) is 0 Å². The average molecular weight is 252 g/mol. The van der Waals surface area contributed by atoms with Crippen molar-refractivity contribution in [2.24, 2.45) is 0 Å². The van der Waals surface area contributed by atoms with Crippen LogP contribution < -0.4 is 65.4 Å². The first-order chi connectivity index (χ1) is 3.00. The Bertz CT molecular complexity index is 14.5. The zero-order valence-electron chi connectivity index (χ0n) is 3.67. The van der Waals surface area contributed by atoms with E-state index in [0.717, 1.165) is 0 Å². The van der Waals surface area contributed by atoms with Crippen molar-refractivity contribution in [1.29, 1.82) is 0 Å². The van der Waals surface area contributed by atoms with E-state index in [1.165, 1.54) is 0 Å². The normalized spacial score (nSPS) is 2.25. The van der Waals surface area contributed by atoms with E-state index in [9.17, 15) is 0 Å². The van der Waals surface area contributed by atoms with E-state index in [2.05, 4.69) is 35.6 Å². The van der Waals surface area contributed by atoms with Gasteiger partial charge in [-0.25, -0.2) is 35.6 Å². The van der Waals surface area contributed by atoms with Crippen molar-refractivity contribution < 1.29 is 81.9 Å². The number of rotatable bonds is 0. The molecule has 0 saturated heterocycles. The molecule has 0 aliphatic heterocycles. The second kappa shape index (κ2) is 93.9. The third-order valence-corrected chi connectivity index (χ3v) is 0. The van der Waals surface area contributed by atoms with Crippen LogP contribution in [-0.4, -0.2) is 0 Å². The van der Waals surface area contributed by atoms with Crippen molar-refractivity contribution in [3.05, 3.63) is 0 Å². The molecule has 0 fully saturated rings. The third kappa shape index (κ3) is 66.5. The molecule has 0 unspecified atom stereocenters. The molecule has 0 bridgehead atoms. The number of hydrogen-bond donors (Lipinski definition) is 0. The molecule has 0 radical (unpaired) electrons. The fraction of sp³-hybridized carbons (Fsp3) is 0. The Morgan fingerprint density at radius 1 is 0.625 bits per heavy atom. The molecule has 50 valence electrons. The summed E-state index contributed by atoms with van der Waals surface area (Å²) in [5.74, 6) is 0. The minimum absolute atomic E-state index is 0. The Morgan fingerprint density at radius 3 is 0.625 bits per heavy atom. The van der Waals surface area contributed by atoms with Crippen molar-refractivity contribution in [2.75, 3.05) is 0 Å². The van der Waals surface area contributed by atoms with Gasteiger partial charge in [-0.2, -0.15) is 0 Å². The van der Waals surface area contributed by atoms with Gasteiger partial charge in [0.05, 0.1) is 0 Å². The van der Waals surface area contributed by atoms with Crippen molar-refractivity contribution in [3.8, 4) is 0 Å². The molecule has 0 aromatic rings. The topological polar surface area (TPSA) is 69.2 Å². The maximum absolute atomic E-state index is 7.72. The first kappa shape index (κ1) is 30.7. The fourth-order valence-corrected chi connectivity index (χ4v) is 0. The molecular formula is Cl3KNiO3. The van der Waals surface area contributed by atoms with Crippen molar-refractivity contribution >= 4 is 35.6 Å². The zero-order chi connectivity index (χ0) is 6.00. The van der Waals surface area contributed by atoms with E-state index >= 15 is 0 Å². The van der Waals surface area contributed by atoms with E-state index in [1.54, 1.807) is 0 Å². The zero-order valence-corrected chi connectivity index (χ0v) is 10.1. The predicted octanol–water partition coefficient (Wildman–Crippen LogP) is -4.50. The van der Waals surface area contributed by atoms with Crippen LogP contribution in [0.3, 0.4) is 0 Å². The first-order valence-corrected chi connectivity index (χ1v) is 1.39. The van der Waals surface area contributed by atoms with Gasteiger partial charge in [0.15, 0.2) is 0 Å². The summed E-state index contributed by atoms with van der Waals surface area (Å²) >= 11 is 10.2. The van der Waals surface area contributed by atoms with E-state index < -0.39 is 0 Å². The number of halogens is 3.